The fourth-order valence-electron chi connectivity index (χ4n) is 6.52. The summed E-state index contributed by atoms with van der Waals surface area (Å²) < 4.78 is 30.0. The molecule has 0 saturated carbocycles. The van der Waals surface area contributed by atoms with Crippen LogP contribution in [0.4, 0.5) is 16.6 Å². The second-order valence-corrected chi connectivity index (χ2v) is 17.6. The quantitative estimate of drug-likeness (QED) is 0.0688. The van der Waals surface area contributed by atoms with Gasteiger partial charge in [-0.25, -0.2) is 23.1 Å². The third kappa shape index (κ3) is 9.75. The van der Waals surface area contributed by atoms with Gasteiger partial charge in [0.05, 0.1) is 22.3 Å². The van der Waals surface area contributed by atoms with Crippen molar-refractivity contribution in [3.05, 3.63) is 126 Å². The molecule has 4 N–H and O–H groups in total. The van der Waals surface area contributed by atoms with Crippen molar-refractivity contribution >= 4 is 71.8 Å². The number of carbonyl (C=O) groups excluding carboxylic acids is 2. The van der Waals surface area contributed by atoms with Gasteiger partial charge in [-0.15, -0.1) is 11.8 Å². The number of pyridine rings is 3. The number of nitrogens with zero attached hydrogens (tertiary/aromatic N) is 6. The van der Waals surface area contributed by atoms with E-state index in [-0.39, 0.29) is 28.1 Å². The average molecular weight is 824 g/mol. The van der Waals surface area contributed by atoms with Crippen LogP contribution in [0.2, 0.25) is 0 Å². The second-order valence-electron chi connectivity index (χ2n) is 13.8. The molecule has 0 fully saturated rings. The maximum Gasteiger partial charge on any atom is 0.283 e. The number of nitrogens with one attached hydrogen (secondary N) is 3. The van der Waals surface area contributed by atoms with Gasteiger partial charge in [0.15, 0.2) is 5.13 Å². The Hall–Kier alpha value is -5.46. The average Bonchev–Trinajstić information content (AvgIpc) is 3.64. The molecule has 14 nitrogen and oxygen atoms in total. The highest BCUT2D eigenvalue weighted by Gasteiger charge is 2.26. The van der Waals surface area contributed by atoms with Crippen LogP contribution >= 0.6 is 23.1 Å². The van der Waals surface area contributed by atoms with E-state index in [0.717, 1.165) is 39.4 Å². The lowest BCUT2D eigenvalue weighted by Gasteiger charge is -2.31. The van der Waals surface area contributed by atoms with E-state index in [1.807, 2.05) is 55.4 Å². The first-order valence-corrected chi connectivity index (χ1v) is 21.5. The number of amides is 2. The summed E-state index contributed by atoms with van der Waals surface area (Å²) in [5.41, 5.74) is 5.70. The number of anilines is 3. The van der Waals surface area contributed by atoms with E-state index in [0.29, 0.717) is 53.7 Å². The first kappa shape index (κ1) is 39.8. The van der Waals surface area contributed by atoms with Gasteiger partial charge in [-0.1, -0.05) is 47.7 Å². The second kappa shape index (κ2) is 17.8. The molecule has 294 valence electrons. The molecule has 17 heteroatoms. The molecule has 0 saturated heterocycles. The largest absolute Gasteiger partial charge is 0.352 e. The van der Waals surface area contributed by atoms with E-state index < -0.39 is 15.9 Å². The molecule has 5 heterocycles. The molecule has 0 spiro atoms. The summed E-state index contributed by atoms with van der Waals surface area (Å²) in [6.45, 7) is 1.76. The van der Waals surface area contributed by atoms with Crippen molar-refractivity contribution in [3.63, 3.8) is 0 Å². The van der Waals surface area contributed by atoms with E-state index in [1.54, 1.807) is 42.4 Å². The maximum atomic E-state index is 13.5. The van der Waals surface area contributed by atoms with Crippen molar-refractivity contribution in [1.29, 1.82) is 0 Å². The van der Waals surface area contributed by atoms with Gasteiger partial charge in [0.2, 0.25) is 0 Å². The van der Waals surface area contributed by atoms with Crippen LogP contribution in [-0.2, 0) is 29.4 Å². The van der Waals surface area contributed by atoms with Gasteiger partial charge in [0.25, 0.3) is 21.8 Å². The predicted octanol–water partition coefficient (Wildman–Crippen LogP) is 6.12. The lowest BCUT2D eigenvalue weighted by Crippen LogP contribution is -2.34. The maximum absolute atomic E-state index is 13.5. The number of hydrogen-bond acceptors (Lipinski definition) is 14. The summed E-state index contributed by atoms with van der Waals surface area (Å²) in [5, 5.41) is 13.4. The number of aromatic nitrogens is 4. The molecule has 4 aromatic heterocycles. The number of thiazole rings is 1. The molecular weight excluding hydrogens is 783 g/mol. The van der Waals surface area contributed by atoms with E-state index >= 15 is 0 Å². The van der Waals surface area contributed by atoms with Gasteiger partial charge >= 0.3 is 0 Å². The molecule has 6 aromatic rings. The molecule has 0 aliphatic carbocycles. The number of benzene rings is 2. The Kier molecular flexibility index (Phi) is 12.4. The summed E-state index contributed by atoms with van der Waals surface area (Å²) in [4.78, 5) is 49.3. The molecule has 0 radical (unpaired) electrons. The Morgan fingerprint density at radius 2 is 1.82 bits per heavy atom. The molecule has 1 aliphatic heterocycles. The number of hydrogen-bond donors (Lipinski definition) is 4. The Labute approximate surface area is 338 Å². The smallest absolute Gasteiger partial charge is 0.283 e. The Morgan fingerprint density at radius 1 is 1.00 bits per heavy atom. The van der Waals surface area contributed by atoms with Crippen molar-refractivity contribution in [2.24, 2.45) is 5.92 Å². The van der Waals surface area contributed by atoms with Crippen LogP contribution in [0.5, 0.6) is 0 Å². The zero-order valence-electron chi connectivity index (χ0n) is 31.3. The van der Waals surface area contributed by atoms with Gasteiger partial charge in [0.1, 0.15) is 21.9 Å². The lowest BCUT2D eigenvalue weighted by atomic mass is 9.94. The number of fused-ring (bicyclic) bond motifs is 2. The molecule has 7 rings (SSSR count). The lowest BCUT2D eigenvalue weighted by molar-refractivity contribution is 0.0975. The van der Waals surface area contributed by atoms with Crippen molar-refractivity contribution in [2.45, 2.75) is 35.6 Å². The summed E-state index contributed by atoms with van der Waals surface area (Å²) >= 11 is 3.10. The third-order valence-electron chi connectivity index (χ3n) is 9.52. The van der Waals surface area contributed by atoms with E-state index in [2.05, 4.69) is 52.5 Å². The van der Waals surface area contributed by atoms with Gasteiger partial charge in [-0.05, 0) is 99.4 Å². The van der Waals surface area contributed by atoms with Crippen LogP contribution in [-0.4, -0.2) is 83.2 Å². The fraction of sp³-hybridized carbons (Fsp3) is 0.250. The fourth-order valence-corrected chi connectivity index (χ4v) is 9.34. The number of carbonyl (C=O) groups is 2. The molecule has 1 aliphatic rings. The predicted molar refractivity (Wildman–Crippen MR) is 223 cm³/mol. The highest BCUT2D eigenvalue weighted by Crippen LogP contribution is 2.30. The van der Waals surface area contributed by atoms with Crippen molar-refractivity contribution in [3.8, 4) is 0 Å². The van der Waals surface area contributed by atoms with Crippen LogP contribution < -0.4 is 20.4 Å². The number of sulfonamides is 1. The first-order chi connectivity index (χ1) is 27.6. The Balaban J connectivity index is 1.03. The first-order valence-electron chi connectivity index (χ1n) is 18.2. The normalized spacial score (nSPS) is 13.3. The standard InChI is InChI=1S/C40H41N9O5S3/c1-48(2)18-15-26(25-55-28-9-4-3-5-10-28)20-33-34(46-52)21-29(22-42-33)57(53,54)47-39(51)32-12-7-13-37(43-32)49-19-16-27-8-6-11-30(31(27)24-49)38(50)45-40-44-35-23-41-17-14-36(35)56-40/h3-14,17,21-23,26,46,52H,15-16,18-20,24-25H2,1-2H3,(H,47,51)(H,44,45,50)/t26-/m0/s1. The van der Waals surface area contributed by atoms with Crippen LogP contribution in [0.3, 0.4) is 0 Å². The number of thioether (sulfide) groups is 1. The minimum absolute atomic E-state index is 0.108. The molecule has 1 atom stereocenters. The monoisotopic (exact) mass is 823 g/mol. The van der Waals surface area contributed by atoms with Crippen LogP contribution in [0.1, 0.15) is 44.1 Å². The summed E-state index contributed by atoms with van der Waals surface area (Å²) in [7, 11) is -0.391. The van der Waals surface area contributed by atoms with E-state index in [1.165, 1.54) is 29.7 Å². The topological polar surface area (TPSA) is 183 Å². The zero-order chi connectivity index (χ0) is 39.9. The van der Waals surface area contributed by atoms with Crippen LogP contribution in [0.25, 0.3) is 10.2 Å². The molecule has 0 unspecified atom stereocenters. The van der Waals surface area contributed by atoms with Gasteiger partial charge in [-0.2, -0.15) is 0 Å². The minimum Gasteiger partial charge on any atom is -0.352 e. The highest BCUT2D eigenvalue weighted by atomic mass is 32.2. The SMILES string of the molecule is CN(C)CC[C@H](CSc1ccccc1)Cc1ncc(S(=O)(=O)NC(=O)c2cccc(N3CCc4cccc(C(=O)Nc5nc6cnccc6s5)c4C3)n2)cc1NO. The summed E-state index contributed by atoms with van der Waals surface area (Å²) in [6.07, 6.45) is 6.51. The zero-order valence-corrected chi connectivity index (χ0v) is 33.7. The van der Waals surface area contributed by atoms with Gasteiger partial charge in [-0.3, -0.25) is 35.6 Å². The minimum atomic E-state index is -4.41. The molecule has 2 aromatic carbocycles. The molecule has 0 bridgehead atoms. The van der Waals surface area contributed by atoms with E-state index in [4.69, 9.17) is 0 Å². The van der Waals surface area contributed by atoms with Gasteiger partial charge in [0, 0.05) is 41.7 Å². The van der Waals surface area contributed by atoms with Crippen LogP contribution in [0, 0.1) is 5.92 Å². The van der Waals surface area contributed by atoms with Gasteiger partial charge < -0.3 is 9.80 Å². The van der Waals surface area contributed by atoms with E-state index in [9.17, 15) is 23.2 Å². The summed E-state index contributed by atoms with van der Waals surface area (Å²) in [5.74, 6) is 0.213. The highest BCUT2D eigenvalue weighted by molar-refractivity contribution is 7.99. The Bertz CT molecular complexity index is 2470. The Morgan fingerprint density at radius 3 is 2.61 bits per heavy atom. The van der Waals surface area contributed by atoms with Crippen molar-refractivity contribution in [2.75, 3.05) is 48.6 Å². The summed E-state index contributed by atoms with van der Waals surface area (Å²) in [6, 6.07) is 23.6. The molecular formula is C40H41N9O5S3. The van der Waals surface area contributed by atoms with Crippen molar-refractivity contribution in [1.82, 2.24) is 29.6 Å². The molecule has 57 heavy (non-hydrogen) atoms. The number of rotatable bonds is 15. The molecule has 2 amide bonds. The van der Waals surface area contributed by atoms with Crippen molar-refractivity contribution < 1.29 is 23.2 Å². The third-order valence-corrected chi connectivity index (χ3v) is 13.0. The van der Waals surface area contributed by atoms with Crippen LogP contribution in [0.15, 0.2) is 107 Å².